The van der Waals surface area contributed by atoms with Crippen LogP contribution in [0, 0.1) is 0 Å². The number of nitrogens with two attached hydrogens (primary N) is 1. The molecular formula is C24H34N4O4S2. The Morgan fingerprint density at radius 3 is 2.56 bits per heavy atom. The summed E-state index contributed by atoms with van der Waals surface area (Å²) in [4.78, 5) is 29.3. The molecule has 0 fully saturated rings. The van der Waals surface area contributed by atoms with Crippen molar-refractivity contribution in [1.82, 2.24) is 10.3 Å². The molecule has 0 radical (unpaired) electrons. The summed E-state index contributed by atoms with van der Waals surface area (Å²) in [6.07, 6.45) is 2.42. The largest absolute Gasteiger partial charge is 0.480 e. The van der Waals surface area contributed by atoms with E-state index in [0.717, 1.165) is 5.56 Å². The molecule has 3 atom stereocenters. The molecule has 186 valence electrons. The number of anilines is 1. The van der Waals surface area contributed by atoms with Crippen molar-refractivity contribution in [3.05, 3.63) is 42.5 Å². The topological polar surface area (TPSA) is 127 Å². The van der Waals surface area contributed by atoms with Crippen molar-refractivity contribution in [2.75, 3.05) is 29.6 Å². The van der Waals surface area contributed by atoms with Gasteiger partial charge < -0.3 is 26.2 Å². The van der Waals surface area contributed by atoms with Gasteiger partial charge in [-0.2, -0.15) is 24.4 Å². The van der Waals surface area contributed by atoms with Crippen molar-refractivity contribution in [2.45, 2.75) is 44.4 Å². The van der Waals surface area contributed by atoms with E-state index in [4.69, 9.17) is 10.5 Å². The number of benzene rings is 1. The van der Waals surface area contributed by atoms with Crippen LogP contribution in [0.5, 0.6) is 5.88 Å². The number of carbonyl (C=O) groups is 2. The highest BCUT2D eigenvalue weighted by atomic mass is 32.2. The van der Waals surface area contributed by atoms with Crippen LogP contribution >= 0.6 is 24.4 Å². The number of nitrogens with one attached hydrogen (secondary N) is 2. The van der Waals surface area contributed by atoms with Crippen LogP contribution < -0.4 is 21.1 Å². The zero-order valence-corrected chi connectivity index (χ0v) is 21.3. The molecule has 0 bridgehead atoms. The summed E-state index contributed by atoms with van der Waals surface area (Å²) < 4.78 is 6.12. The van der Waals surface area contributed by atoms with E-state index in [-0.39, 0.29) is 11.9 Å². The fourth-order valence-corrected chi connectivity index (χ4v) is 3.74. The summed E-state index contributed by atoms with van der Waals surface area (Å²) in [5.41, 5.74) is 8.19. The summed E-state index contributed by atoms with van der Waals surface area (Å²) in [7, 11) is 0. The SMILES string of the molecule is CCC[C@H](Oc1nc(-c2ccccc2)ccc1NCC(N)CS)C(=O)N[C@@H](CCSC)C(=O)O. The maximum Gasteiger partial charge on any atom is 0.326 e. The maximum absolute atomic E-state index is 13.0. The van der Waals surface area contributed by atoms with Gasteiger partial charge in [0.15, 0.2) is 6.10 Å². The minimum Gasteiger partial charge on any atom is -0.480 e. The van der Waals surface area contributed by atoms with Crippen LogP contribution in [0.1, 0.15) is 26.2 Å². The number of nitrogens with zero attached hydrogens (tertiary/aromatic N) is 1. The van der Waals surface area contributed by atoms with E-state index in [0.29, 0.717) is 48.7 Å². The molecule has 0 spiro atoms. The normalized spacial score (nSPS) is 13.5. The second-order valence-electron chi connectivity index (χ2n) is 7.81. The fourth-order valence-electron chi connectivity index (χ4n) is 3.14. The lowest BCUT2D eigenvalue weighted by atomic mass is 10.1. The number of aromatic nitrogens is 1. The van der Waals surface area contributed by atoms with Gasteiger partial charge in [0.1, 0.15) is 6.04 Å². The third-order valence-electron chi connectivity index (χ3n) is 5.04. The molecule has 34 heavy (non-hydrogen) atoms. The average molecular weight is 507 g/mol. The molecule has 1 heterocycles. The second kappa shape index (κ2) is 14.7. The first-order chi connectivity index (χ1) is 16.4. The summed E-state index contributed by atoms with van der Waals surface area (Å²) >= 11 is 5.75. The summed E-state index contributed by atoms with van der Waals surface area (Å²) in [6.45, 7) is 2.39. The van der Waals surface area contributed by atoms with Crippen LogP contribution in [0.3, 0.4) is 0 Å². The highest BCUT2D eigenvalue weighted by Gasteiger charge is 2.27. The number of aliphatic carboxylic acids is 1. The van der Waals surface area contributed by atoms with E-state index >= 15 is 0 Å². The summed E-state index contributed by atoms with van der Waals surface area (Å²) in [5.74, 6) is -0.148. The Balaban J connectivity index is 2.31. The number of rotatable bonds is 15. The van der Waals surface area contributed by atoms with Crippen LogP contribution in [-0.4, -0.2) is 64.5 Å². The quantitative estimate of drug-likeness (QED) is 0.233. The molecule has 8 nitrogen and oxygen atoms in total. The molecule has 5 N–H and O–H groups in total. The fraction of sp³-hybridized carbons (Fsp3) is 0.458. The first-order valence-corrected chi connectivity index (χ1v) is 13.3. The van der Waals surface area contributed by atoms with Crippen molar-refractivity contribution in [3.63, 3.8) is 0 Å². The Hall–Kier alpha value is -2.43. The predicted octanol–water partition coefficient (Wildman–Crippen LogP) is 3.29. The Kier molecular flexibility index (Phi) is 12.1. The van der Waals surface area contributed by atoms with Gasteiger partial charge in [-0.1, -0.05) is 43.7 Å². The number of carboxylic acids is 1. The molecular weight excluding hydrogens is 472 g/mol. The lowest BCUT2D eigenvalue weighted by Gasteiger charge is -2.23. The van der Waals surface area contributed by atoms with Gasteiger partial charge in [0.2, 0.25) is 5.88 Å². The van der Waals surface area contributed by atoms with E-state index in [2.05, 4.69) is 28.2 Å². The van der Waals surface area contributed by atoms with Gasteiger partial charge in [-0.05, 0) is 37.0 Å². The Morgan fingerprint density at radius 1 is 1.21 bits per heavy atom. The monoisotopic (exact) mass is 506 g/mol. The van der Waals surface area contributed by atoms with Crippen molar-refractivity contribution < 1.29 is 19.4 Å². The van der Waals surface area contributed by atoms with Crippen LogP contribution in [0.25, 0.3) is 11.3 Å². The van der Waals surface area contributed by atoms with E-state index in [1.54, 1.807) is 0 Å². The number of ether oxygens (including phenoxy) is 1. The number of thioether (sulfide) groups is 1. The second-order valence-corrected chi connectivity index (χ2v) is 9.17. The van der Waals surface area contributed by atoms with Gasteiger partial charge >= 0.3 is 5.97 Å². The molecule has 1 aromatic carbocycles. The van der Waals surface area contributed by atoms with Crippen molar-refractivity contribution >= 4 is 42.0 Å². The molecule has 0 saturated heterocycles. The van der Waals surface area contributed by atoms with Crippen LogP contribution in [0.4, 0.5) is 5.69 Å². The van der Waals surface area contributed by atoms with E-state index in [1.165, 1.54) is 11.8 Å². The average Bonchev–Trinajstić information content (AvgIpc) is 2.85. The van der Waals surface area contributed by atoms with E-state index in [1.807, 2.05) is 55.6 Å². The highest BCUT2D eigenvalue weighted by Crippen LogP contribution is 2.28. The molecule has 0 aliphatic carbocycles. The third-order valence-corrected chi connectivity index (χ3v) is 6.15. The minimum absolute atomic E-state index is 0.174. The number of thiol groups is 1. The zero-order valence-electron chi connectivity index (χ0n) is 19.6. The van der Waals surface area contributed by atoms with Gasteiger partial charge in [0.25, 0.3) is 5.91 Å². The Labute approximate surface area is 210 Å². The minimum atomic E-state index is -1.06. The smallest absolute Gasteiger partial charge is 0.326 e. The molecule has 1 amide bonds. The number of carbonyl (C=O) groups excluding carboxylic acids is 1. The van der Waals surface area contributed by atoms with Gasteiger partial charge in [-0.15, -0.1) is 0 Å². The van der Waals surface area contributed by atoms with Crippen LogP contribution in [0.15, 0.2) is 42.5 Å². The number of amides is 1. The molecule has 0 saturated carbocycles. The number of carboxylic acid groups (broad SMARTS) is 1. The standard InChI is InChI=1S/C24H34N4O4S2/c1-3-7-21(22(29)27-20(24(30)31)12-13-34-2)32-23-19(26-14-17(25)15-33)11-10-18(28-23)16-8-5-4-6-9-16/h4-6,8-11,17,20-21,26,33H,3,7,12-15,25H2,1-2H3,(H,27,29)(H,30,31)/t17?,20-,21-/m0/s1. The van der Waals surface area contributed by atoms with Gasteiger partial charge in [-0.3, -0.25) is 4.79 Å². The lowest BCUT2D eigenvalue weighted by molar-refractivity contribution is -0.143. The number of hydrogen-bond donors (Lipinski definition) is 5. The van der Waals surface area contributed by atoms with Crippen molar-refractivity contribution in [3.8, 4) is 17.1 Å². The molecule has 10 heteroatoms. The maximum atomic E-state index is 13.0. The number of hydrogen-bond acceptors (Lipinski definition) is 8. The molecule has 2 aromatic rings. The summed E-state index contributed by atoms with van der Waals surface area (Å²) in [6, 6.07) is 12.2. The van der Waals surface area contributed by atoms with E-state index < -0.39 is 24.0 Å². The van der Waals surface area contributed by atoms with Crippen LogP contribution in [-0.2, 0) is 9.59 Å². The predicted molar refractivity (Wildman–Crippen MR) is 142 cm³/mol. The lowest BCUT2D eigenvalue weighted by Crippen LogP contribution is -2.47. The molecule has 1 aromatic heterocycles. The Morgan fingerprint density at radius 2 is 1.94 bits per heavy atom. The molecule has 0 aliphatic heterocycles. The van der Waals surface area contributed by atoms with Gasteiger partial charge in [0.05, 0.1) is 11.4 Å². The van der Waals surface area contributed by atoms with Crippen molar-refractivity contribution in [1.29, 1.82) is 0 Å². The Bertz CT molecular complexity index is 917. The zero-order chi connectivity index (χ0) is 24.9. The third kappa shape index (κ3) is 8.73. The summed E-state index contributed by atoms with van der Waals surface area (Å²) in [5, 5.41) is 15.3. The van der Waals surface area contributed by atoms with Crippen LogP contribution in [0.2, 0.25) is 0 Å². The first-order valence-electron chi connectivity index (χ1n) is 11.2. The van der Waals surface area contributed by atoms with Gasteiger partial charge in [0, 0.05) is 23.9 Å². The highest BCUT2D eigenvalue weighted by molar-refractivity contribution is 7.98. The number of pyridine rings is 1. The first kappa shape index (κ1) is 27.8. The van der Waals surface area contributed by atoms with E-state index in [9.17, 15) is 14.7 Å². The molecule has 1 unspecified atom stereocenters. The molecule has 0 aliphatic rings. The van der Waals surface area contributed by atoms with Gasteiger partial charge in [-0.25, -0.2) is 9.78 Å². The molecule has 2 rings (SSSR count). The van der Waals surface area contributed by atoms with Crippen molar-refractivity contribution in [2.24, 2.45) is 5.73 Å².